The summed E-state index contributed by atoms with van der Waals surface area (Å²) in [6.07, 6.45) is 2.96. The van der Waals surface area contributed by atoms with Gasteiger partial charge in [-0.05, 0) is 60.8 Å². The molecule has 0 saturated carbocycles. The van der Waals surface area contributed by atoms with E-state index in [-0.39, 0.29) is 34.7 Å². The van der Waals surface area contributed by atoms with Crippen LogP contribution in [0.2, 0.25) is 18.1 Å². The summed E-state index contributed by atoms with van der Waals surface area (Å²) in [7, 11) is -2.45. The van der Waals surface area contributed by atoms with Crippen molar-refractivity contribution >= 4 is 14.1 Å². The molecule has 3 rings (SSSR count). The summed E-state index contributed by atoms with van der Waals surface area (Å²) in [5.41, 5.74) is 0.409. The van der Waals surface area contributed by atoms with E-state index in [4.69, 9.17) is 13.6 Å². The van der Waals surface area contributed by atoms with Crippen LogP contribution in [0.4, 0.5) is 4.39 Å². The van der Waals surface area contributed by atoms with E-state index >= 15 is 0 Å². The first kappa shape index (κ1) is 27.6. The lowest BCUT2D eigenvalue weighted by Gasteiger charge is -2.34. The Morgan fingerprint density at radius 2 is 1.78 bits per heavy atom. The zero-order valence-electron chi connectivity index (χ0n) is 21.7. The van der Waals surface area contributed by atoms with E-state index in [0.29, 0.717) is 30.8 Å². The molecular weight excluding hydrogens is 479 g/mol. The van der Waals surface area contributed by atoms with Crippen molar-refractivity contribution in [2.45, 2.75) is 71.0 Å². The lowest BCUT2D eigenvalue weighted by molar-refractivity contribution is 0.0969. The van der Waals surface area contributed by atoms with Gasteiger partial charge in [0.15, 0.2) is 14.1 Å². The maximum Gasteiger partial charge on any atom is 0.267 e. The number of unbranched alkanes of at least 4 members (excludes halogenated alkanes) is 1. The molecule has 0 fully saturated rings. The Balaban J connectivity index is 1.89. The molecule has 1 aromatic carbocycles. The maximum atomic E-state index is 13.4. The van der Waals surface area contributed by atoms with Gasteiger partial charge in [0.1, 0.15) is 17.3 Å². The smallest absolute Gasteiger partial charge is 0.267 e. The SMILES string of the molecule is CCCCOc1c(C(=O)c2ccc(Cc3ccc(F)cc3)o2)oc(CCC(C)(C)[Si](C)(C)O)cc1=O. The molecule has 8 heteroatoms. The van der Waals surface area contributed by atoms with Crippen LogP contribution in [0.25, 0.3) is 0 Å². The number of halogens is 1. The number of carbonyl (C=O) groups is 1. The summed E-state index contributed by atoms with van der Waals surface area (Å²) in [6, 6.07) is 10.6. The number of ether oxygens (including phenoxy) is 1. The molecule has 0 aliphatic rings. The van der Waals surface area contributed by atoms with Crippen molar-refractivity contribution in [1.82, 2.24) is 0 Å². The third-order valence-corrected chi connectivity index (χ3v) is 10.3. The first-order valence-electron chi connectivity index (χ1n) is 12.3. The van der Waals surface area contributed by atoms with E-state index in [1.165, 1.54) is 24.3 Å². The first-order chi connectivity index (χ1) is 16.9. The molecule has 0 atom stereocenters. The van der Waals surface area contributed by atoms with Gasteiger partial charge in [-0.15, -0.1) is 0 Å². The number of furan rings is 1. The molecule has 0 radical (unpaired) electrons. The van der Waals surface area contributed by atoms with Gasteiger partial charge in [-0.25, -0.2) is 4.39 Å². The summed E-state index contributed by atoms with van der Waals surface area (Å²) in [4.78, 5) is 36.9. The van der Waals surface area contributed by atoms with Crippen molar-refractivity contribution in [3.8, 4) is 5.75 Å². The molecule has 6 nitrogen and oxygen atoms in total. The molecule has 0 saturated heterocycles. The third-order valence-electron chi connectivity index (χ3n) is 6.74. The van der Waals surface area contributed by atoms with Crippen LogP contribution < -0.4 is 10.2 Å². The number of hydrogen-bond donors (Lipinski definition) is 1. The normalized spacial score (nSPS) is 12.1. The zero-order chi connectivity index (χ0) is 26.5. The molecular formula is C28H35FO6Si. The van der Waals surface area contributed by atoms with Gasteiger partial charge in [-0.3, -0.25) is 9.59 Å². The van der Waals surface area contributed by atoms with Gasteiger partial charge >= 0.3 is 0 Å². The predicted octanol–water partition coefficient (Wildman–Crippen LogP) is 6.28. The molecule has 1 N–H and O–H groups in total. The van der Waals surface area contributed by atoms with Gasteiger partial charge in [0, 0.05) is 18.9 Å². The quantitative estimate of drug-likeness (QED) is 0.174. The van der Waals surface area contributed by atoms with E-state index in [2.05, 4.69) is 0 Å². The fourth-order valence-electron chi connectivity index (χ4n) is 3.51. The number of carbonyl (C=O) groups excluding carboxylic acids is 1. The summed E-state index contributed by atoms with van der Waals surface area (Å²) in [5, 5.41) is -0.317. The molecule has 0 spiro atoms. The Bertz CT molecular complexity index is 1230. The molecule has 3 aromatic rings. The number of aryl methyl sites for hydroxylation is 1. The van der Waals surface area contributed by atoms with Crippen molar-refractivity contribution in [2.75, 3.05) is 6.61 Å². The van der Waals surface area contributed by atoms with E-state index in [1.807, 2.05) is 33.9 Å². The summed E-state index contributed by atoms with van der Waals surface area (Å²) in [5.74, 6) is -0.310. The molecule has 0 bridgehead atoms. The van der Waals surface area contributed by atoms with Crippen LogP contribution in [0, 0.1) is 5.82 Å². The standard InChI is InChI=1S/C28H35FO6Si/c1-6-7-16-33-26-23(30)18-22(14-15-28(2,3)36(4,5)32)35-27(26)25(31)24-13-12-21(34-24)17-19-8-10-20(29)11-9-19/h8-13,18,32H,6-7,14-17H2,1-5H3. The van der Waals surface area contributed by atoms with Crippen molar-refractivity contribution in [3.63, 3.8) is 0 Å². The van der Waals surface area contributed by atoms with Crippen LogP contribution in [0.5, 0.6) is 5.75 Å². The number of rotatable bonds is 12. The average Bonchev–Trinajstić information content (AvgIpc) is 3.27. The topological polar surface area (TPSA) is 89.9 Å². The molecule has 194 valence electrons. The lowest BCUT2D eigenvalue weighted by Crippen LogP contribution is -2.39. The van der Waals surface area contributed by atoms with E-state index in [0.717, 1.165) is 18.4 Å². The molecule has 0 aliphatic carbocycles. The summed E-state index contributed by atoms with van der Waals surface area (Å²) >= 11 is 0. The molecule has 2 heterocycles. The van der Waals surface area contributed by atoms with E-state index in [1.54, 1.807) is 18.2 Å². The monoisotopic (exact) mass is 514 g/mol. The second kappa shape index (κ2) is 11.4. The maximum absolute atomic E-state index is 13.4. The zero-order valence-corrected chi connectivity index (χ0v) is 22.7. The summed E-state index contributed by atoms with van der Waals surface area (Å²) in [6.45, 7) is 10.0. The largest absolute Gasteiger partial charge is 0.486 e. The van der Waals surface area contributed by atoms with E-state index < -0.39 is 19.5 Å². The Morgan fingerprint density at radius 1 is 1.08 bits per heavy atom. The van der Waals surface area contributed by atoms with Gasteiger partial charge in [0.2, 0.25) is 16.9 Å². The lowest BCUT2D eigenvalue weighted by atomic mass is 10.0. The van der Waals surface area contributed by atoms with Crippen molar-refractivity contribution < 1.29 is 27.6 Å². The van der Waals surface area contributed by atoms with Crippen molar-refractivity contribution in [3.05, 3.63) is 87.1 Å². The minimum absolute atomic E-state index is 0.0250. The number of ketones is 1. The molecule has 0 amide bonds. The molecule has 36 heavy (non-hydrogen) atoms. The fraction of sp³-hybridized carbons (Fsp3) is 0.429. The highest BCUT2D eigenvalue weighted by Crippen LogP contribution is 2.39. The minimum atomic E-state index is -2.45. The molecule has 0 unspecified atom stereocenters. The summed E-state index contributed by atoms with van der Waals surface area (Å²) < 4.78 is 30.6. The van der Waals surface area contributed by atoms with E-state index in [9.17, 15) is 18.8 Å². The van der Waals surface area contributed by atoms with Gasteiger partial charge in [-0.1, -0.05) is 39.3 Å². The average molecular weight is 515 g/mol. The van der Waals surface area contributed by atoms with Crippen LogP contribution in [0.15, 0.2) is 56.1 Å². The Kier molecular flexibility index (Phi) is 8.74. The minimum Gasteiger partial charge on any atom is -0.486 e. The highest BCUT2D eigenvalue weighted by molar-refractivity contribution is 6.72. The Morgan fingerprint density at radius 3 is 2.42 bits per heavy atom. The highest BCUT2D eigenvalue weighted by Gasteiger charge is 2.37. The first-order valence-corrected chi connectivity index (χ1v) is 15.3. The van der Waals surface area contributed by atoms with Crippen molar-refractivity contribution in [2.24, 2.45) is 0 Å². The third kappa shape index (κ3) is 6.82. The molecule has 0 aliphatic heterocycles. The van der Waals surface area contributed by atoms with Crippen LogP contribution in [0.1, 0.15) is 73.4 Å². The second-order valence-corrected chi connectivity index (χ2v) is 14.8. The Labute approximate surface area is 212 Å². The van der Waals surface area contributed by atoms with Gasteiger partial charge in [0.25, 0.3) is 5.78 Å². The van der Waals surface area contributed by atoms with Crippen molar-refractivity contribution in [1.29, 1.82) is 0 Å². The van der Waals surface area contributed by atoms with Gasteiger partial charge < -0.3 is 18.4 Å². The van der Waals surface area contributed by atoms with Crippen LogP contribution in [-0.4, -0.2) is 25.5 Å². The number of benzene rings is 1. The van der Waals surface area contributed by atoms with Gasteiger partial charge in [-0.2, -0.15) is 0 Å². The predicted molar refractivity (Wildman–Crippen MR) is 139 cm³/mol. The van der Waals surface area contributed by atoms with Crippen LogP contribution in [0.3, 0.4) is 0 Å². The van der Waals surface area contributed by atoms with Gasteiger partial charge in [0.05, 0.1) is 6.61 Å². The fourth-order valence-corrected chi connectivity index (χ4v) is 4.25. The Hall–Kier alpha value is -2.97. The highest BCUT2D eigenvalue weighted by atomic mass is 28.4. The second-order valence-electron chi connectivity index (χ2n) is 10.3. The van der Waals surface area contributed by atoms with Crippen LogP contribution >= 0.6 is 0 Å². The van der Waals surface area contributed by atoms with Crippen LogP contribution in [-0.2, 0) is 12.8 Å². The molecule has 2 aromatic heterocycles. The number of hydrogen-bond acceptors (Lipinski definition) is 6.